The number of ether oxygens (including phenoxy) is 1. The number of nitrogens with two attached hydrogens (primary N) is 1. The second-order valence-corrected chi connectivity index (χ2v) is 5.00. The average Bonchev–Trinajstić information content (AvgIpc) is 2.34. The Labute approximate surface area is 104 Å². The van der Waals surface area contributed by atoms with Crippen LogP contribution in [0.3, 0.4) is 0 Å². The van der Waals surface area contributed by atoms with Crippen LogP contribution in [-0.4, -0.2) is 36.2 Å². The van der Waals surface area contributed by atoms with Crippen molar-refractivity contribution in [3.05, 3.63) is 0 Å². The Morgan fingerprint density at radius 1 is 1.29 bits per heavy atom. The lowest BCUT2D eigenvalue weighted by molar-refractivity contribution is -0.108. The number of nitrogens with zero attached hydrogens (tertiary/aromatic N) is 1. The second kappa shape index (κ2) is 6.84. The Morgan fingerprint density at radius 2 is 1.88 bits per heavy atom. The van der Waals surface area contributed by atoms with Crippen LogP contribution in [-0.2, 0) is 4.74 Å². The van der Waals surface area contributed by atoms with Gasteiger partial charge >= 0.3 is 6.03 Å². The monoisotopic (exact) mass is 242 g/mol. The highest BCUT2D eigenvalue weighted by Gasteiger charge is 2.36. The highest BCUT2D eigenvalue weighted by atomic mass is 16.5. The molecule has 1 aliphatic rings. The van der Waals surface area contributed by atoms with Gasteiger partial charge in [0.05, 0.1) is 18.8 Å². The Morgan fingerprint density at radius 3 is 2.35 bits per heavy atom. The Kier molecular flexibility index (Phi) is 5.75. The van der Waals surface area contributed by atoms with E-state index in [0.29, 0.717) is 19.7 Å². The van der Waals surface area contributed by atoms with E-state index in [1.54, 1.807) is 4.90 Å². The van der Waals surface area contributed by atoms with E-state index in [1.165, 1.54) is 0 Å². The van der Waals surface area contributed by atoms with E-state index in [2.05, 4.69) is 13.8 Å². The second-order valence-electron chi connectivity index (χ2n) is 5.00. The molecular formula is C13H26N2O2. The molecule has 0 aromatic rings. The van der Waals surface area contributed by atoms with Gasteiger partial charge in [0.15, 0.2) is 0 Å². The van der Waals surface area contributed by atoms with E-state index in [-0.39, 0.29) is 11.6 Å². The molecule has 1 saturated heterocycles. The van der Waals surface area contributed by atoms with Gasteiger partial charge in [-0.15, -0.1) is 0 Å². The molecule has 1 aliphatic heterocycles. The molecule has 1 rings (SSSR count). The molecule has 0 aromatic heterocycles. The lowest BCUT2D eigenvalue weighted by Crippen LogP contribution is -2.55. The van der Waals surface area contributed by atoms with Crippen molar-refractivity contribution in [1.29, 1.82) is 0 Å². The summed E-state index contributed by atoms with van der Waals surface area (Å²) in [6.07, 6.45) is 6.69. The fraction of sp³-hybridized carbons (Fsp3) is 0.923. The molecule has 4 heteroatoms. The number of rotatable bonds is 6. The summed E-state index contributed by atoms with van der Waals surface area (Å²) in [7, 11) is 0. The number of amides is 2. The minimum Gasteiger partial charge on any atom is -0.371 e. The zero-order valence-electron chi connectivity index (χ0n) is 11.2. The van der Waals surface area contributed by atoms with Gasteiger partial charge in [0.25, 0.3) is 0 Å². The lowest BCUT2D eigenvalue weighted by atomic mass is 9.89. The van der Waals surface area contributed by atoms with Gasteiger partial charge < -0.3 is 15.4 Å². The van der Waals surface area contributed by atoms with Crippen LogP contribution in [0.25, 0.3) is 0 Å². The van der Waals surface area contributed by atoms with Crippen molar-refractivity contribution in [3.8, 4) is 0 Å². The molecule has 4 nitrogen and oxygen atoms in total. The number of unbranched alkanes of at least 4 members (excludes halogenated alkanes) is 2. The van der Waals surface area contributed by atoms with Crippen LogP contribution in [0.15, 0.2) is 0 Å². The maximum atomic E-state index is 11.3. The predicted molar refractivity (Wildman–Crippen MR) is 68.9 cm³/mol. The highest BCUT2D eigenvalue weighted by molar-refractivity contribution is 5.72. The molecule has 2 N–H and O–H groups in total. The van der Waals surface area contributed by atoms with Crippen molar-refractivity contribution in [2.75, 3.05) is 19.7 Å². The Hall–Kier alpha value is -0.770. The molecule has 0 spiro atoms. The van der Waals surface area contributed by atoms with Crippen LogP contribution in [0, 0.1) is 0 Å². The molecule has 0 aromatic carbocycles. The summed E-state index contributed by atoms with van der Waals surface area (Å²) in [6, 6.07) is -0.314. The molecule has 17 heavy (non-hydrogen) atoms. The van der Waals surface area contributed by atoms with Gasteiger partial charge in [0.1, 0.15) is 0 Å². The molecule has 1 heterocycles. The predicted octanol–water partition coefficient (Wildman–Crippen LogP) is 2.52. The number of urea groups is 1. The minimum atomic E-state index is -0.314. The molecule has 0 unspecified atom stereocenters. The van der Waals surface area contributed by atoms with E-state index in [9.17, 15) is 4.79 Å². The smallest absolute Gasteiger partial charge is 0.314 e. The zero-order valence-corrected chi connectivity index (χ0v) is 11.2. The summed E-state index contributed by atoms with van der Waals surface area (Å²) >= 11 is 0. The first-order valence-electron chi connectivity index (χ1n) is 6.82. The molecule has 0 atom stereocenters. The third kappa shape index (κ3) is 4.19. The van der Waals surface area contributed by atoms with Crippen molar-refractivity contribution < 1.29 is 9.53 Å². The van der Waals surface area contributed by atoms with Gasteiger partial charge in [-0.2, -0.15) is 0 Å². The van der Waals surface area contributed by atoms with Gasteiger partial charge in [0, 0.05) is 6.54 Å². The number of carbonyl (C=O) groups excluding carboxylic acids is 1. The van der Waals surface area contributed by atoms with Crippen LogP contribution in [0.5, 0.6) is 0 Å². The molecule has 0 aliphatic carbocycles. The minimum absolute atomic E-state index is 0.140. The first-order valence-corrected chi connectivity index (χ1v) is 6.82. The van der Waals surface area contributed by atoms with E-state index < -0.39 is 0 Å². The highest BCUT2D eigenvalue weighted by Crippen LogP contribution is 2.29. The summed E-state index contributed by atoms with van der Waals surface area (Å²) in [5.74, 6) is 0. The molecule has 0 bridgehead atoms. The fourth-order valence-electron chi connectivity index (χ4n) is 2.46. The van der Waals surface area contributed by atoms with Crippen LogP contribution in [0.4, 0.5) is 4.79 Å². The first-order chi connectivity index (χ1) is 8.13. The van der Waals surface area contributed by atoms with Crippen LogP contribution >= 0.6 is 0 Å². The summed E-state index contributed by atoms with van der Waals surface area (Å²) in [6.45, 7) is 6.29. The third-order valence-corrected chi connectivity index (χ3v) is 3.53. The summed E-state index contributed by atoms with van der Waals surface area (Å²) < 4.78 is 6.00. The molecule has 2 amide bonds. The molecule has 100 valence electrons. The molecule has 0 saturated carbocycles. The number of hydrogen-bond donors (Lipinski definition) is 1. The summed E-state index contributed by atoms with van der Waals surface area (Å²) in [5, 5.41) is 0. The van der Waals surface area contributed by atoms with Gasteiger partial charge in [-0.25, -0.2) is 4.79 Å². The van der Waals surface area contributed by atoms with E-state index >= 15 is 0 Å². The molecular weight excluding hydrogens is 216 g/mol. The van der Waals surface area contributed by atoms with E-state index in [1.807, 2.05) is 0 Å². The lowest BCUT2D eigenvalue weighted by Gasteiger charge is -2.42. The van der Waals surface area contributed by atoms with Crippen LogP contribution < -0.4 is 5.73 Å². The maximum absolute atomic E-state index is 11.3. The number of morpholine rings is 1. The van der Waals surface area contributed by atoms with Gasteiger partial charge in [-0.3, -0.25) is 0 Å². The standard InChI is InChI=1S/C13H26N2O2/c1-3-5-7-13(8-6-4-2)11-15(12(14)16)9-10-17-13/h3-11H2,1-2H3,(H2,14,16). The normalized spacial score (nSPS) is 19.3. The van der Waals surface area contributed by atoms with Gasteiger partial charge in [0.2, 0.25) is 0 Å². The first kappa shape index (κ1) is 14.3. The Balaban J connectivity index is 2.63. The largest absolute Gasteiger partial charge is 0.371 e. The molecule has 1 fully saturated rings. The van der Waals surface area contributed by atoms with E-state index in [4.69, 9.17) is 10.5 Å². The van der Waals surface area contributed by atoms with Crippen LogP contribution in [0.1, 0.15) is 52.4 Å². The maximum Gasteiger partial charge on any atom is 0.314 e. The SMILES string of the molecule is CCCCC1(CCCC)CN(C(N)=O)CCO1. The Bertz CT molecular complexity index is 236. The average molecular weight is 242 g/mol. The zero-order chi connectivity index (χ0) is 12.7. The quantitative estimate of drug-likeness (QED) is 0.778. The van der Waals surface area contributed by atoms with Crippen molar-refractivity contribution in [1.82, 2.24) is 4.90 Å². The number of hydrogen-bond acceptors (Lipinski definition) is 2. The number of carbonyl (C=O) groups is 1. The van der Waals surface area contributed by atoms with Crippen molar-refractivity contribution in [2.24, 2.45) is 5.73 Å². The summed E-state index contributed by atoms with van der Waals surface area (Å²) in [4.78, 5) is 13.0. The van der Waals surface area contributed by atoms with Crippen molar-refractivity contribution in [3.63, 3.8) is 0 Å². The fourth-order valence-corrected chi connectivity index (χ4v) is 2.46. The summed E-state index contributed by atoms with van der Waals surface area (Å²) in [5.41, 5.74) is 5.24. The van der Waals surface area contributed by atoms with Gasteiger partial charge in [-0.1, -0.05) is 39.5 Å². The van der Waals surface area contributed by atoms with Crippen LogP contribution in [0.2, 0.25) is 0 Å². The van der Waals surface area contributed by atoms with E-state index in [0.717, 1.165) is 38.5 Å². The topological polar surface area (TPSA) is 55.6 Å². The van der Waals surface area contributed by atoms with Crippen molar-refractivity contribution >= 4 is 6.03 Å². The molecule has 0 radical (unpaired) electrons. The third-order valence-electron chi connectivity index (χ3n) is 3.53. The number of primary amides is 1. The van der Waals surface area contributed by atoms with Gasteiger partial charge in [-0.05, 0) is 12.8 Å². The van der Waals surface area contributed by atoms with Crippen molar-refractivity contribution in [2.45, 2.75) is 58.0 Å².